The number of para-hydroxylation sites is 1. The molecule has 1 heterocycles. The van der Waals surface area contributed by atoms with E-state index in [9.17, 15) is 8.42 Å². The number of hydrogen-bond acceptors (Lipinski definition) is 6. The number of nitrogens with zero attached hydrogens (tertiary/aromatic N) is 1. The van der Waals surface area contributed by atoms with Crippen LogP contribution < -0.4 is 19.7 Å². The predicted octanol–water partition coefficient (Wildman–Crippen LogP) is 2.63. The van der Waals surface area contributed by atoms with Crippen molar-refractivity contribution in [3.05, 3.63) is 42.5 Å². The Morgan fingerprint density at radius 2 is 1.88 bits per heavy atom. The highest BCUT2D eigenvalue weighted by atomic mass is 32.2. The summed E-state index contributed by atoms with van der Waals surface area (Å²) in [5.41, 5.74) is 1.38. The van der Waals surface area contributed by atoms with E-state index in [1.54, 1.807) is 31.4 Å². The van der Waals surface area contributed by atoms with Crippen molar-refractivity contribution in [3.8, 4) is 5.75 Å². The number of sulfonamides is 1. The van der Waals surface area contributed by atoms with Crippen molar-refractivity contribution in [3.63, 3.8) is 0 Å². The normalized spacial score (nSPS) is 14.9. The van der Waals surface area contributed by atoms with Crippen molar-refractivity contribution in [2.75, 3.05) is 49.2 Å². The van der Waals surface area contributed by atoms with Gasteiger partial charge in [0.25, 0.3) is 10.0 Å². The Bertz CT molecular complexity index is 866. The minimum Gasteiger partial charge on any atom is -0.495 e. The molecule has 0 aliphatic carbocycles. The maximum Gasteiger partial charge on any atom is 0.262 e. The van der Waals surface area contributed by atoms with Crippen LogP contribution in [-0.2, 0) is 10.0 Å². The quantitative estimate of drug-likeness (QED) is 0.736. The van der Waals surface area contributed by atoms with Gasteiger partial charge in [0.1, 0.15) is 5.75 Å². The van der Waals surface area contributed by atoms with Gasteiger partial charge >= 0.3 is 0 Å². The minimum absolute atomic E-state index is 0.225. The Hall–Kier alpha value is -1.90. The molecule has 0 amide bonds. The van der Waals surface area contributed by atoms with E-state index in [-0.39, 0.29) is 4.90 Å². The van der Waals surface area contributed by atoms with Crippen LogP contribution in [0.4, 0.5) is 11.4 Å². The monoisotopic (exact) mass is 393 g/mol. The zero-order valence-corrected chi connectivity index (χ0v) is 16.5. The van der Waals surface area contributed by atoms with E-state index in [1.165, 1.54) is 11.8 Å². The van der Waals surface area contributed by atoms with Gasteiger partial charge in [-0.25, -0.2) is 8.42 Å². The zero-order valence-electron chi connectivity index (χ0n) is 14.9. The van der Waals surface area contributed by atoms with Crippen LogP contribution in [0.5, 0.6) is 5.75 Å². The molecule has 3 rings (SSSR count). The average Bonchev–Trinajstić information content (AvgIpc) is 2.68. The van der Waals surface area contributed by atoms with Crippen LogP contribution >= 0.6 is 11.8 Å². The summed E-state index contributed by atoms with van der Waals surface area (Å²) < 4.78 is 34.0. The van der Waals surface area contributed by atoms with Gasteiger partial charge < -0.3 is 15.0 Å². The number of benzene rings is 2. The highest BCUT2D eigenvalue weighted by molar-refractivity contribution is 7.99. The van der Waals surface area contributed by atoms with Crippen molar-refractivity contribution < 1.29 is 13.2 Å². The van der Waals surface area contributed by atoms with Crippen LogP contribution in [0.15, 0.2) is 52.3 Å². The molecule has 0 spiro atoms. The second-order valence-electron chi connectivity index (χ2n) is 5.88. The molecular weight excluding hydrogens is 370 g/mol. The first-order chi connectivity index (χ1) is 12.5. The molecule has 0 radical (unpaired) electrons. The van der Waals surface area contributed by atoms with Crippen LogP contribution in [0.25, 0.3) is 0 Å². The van der Waals surface area contributed by atoms with Gasteiger partial charge in [0.15, 0.2) is 0 Å². The molecule has 2 N–H and O–H groups in total. The molecule has 6 nitrogen and oxygen atoms in total. The van der Waals surface area contributed by atoms with Gasteiger partial charge in [0.2, 0.25) is 0 Å². The highest BCUT2D eigenvalue weighted by Crippen LogP contribution is 2.33. The molecule has 8 heteroatoms. The fraction of sp³-hybridized carbons (Fsp3) is 0.333. The second kappa shape index (κ2) is 8.20. The van der Waals surface area contributed by atoms with Crippen molar-refractivity contribution in [2.45, 2.75) is 9.79 Å². The topological polar surface area (TPSA) is 70.7 Å². The first-order valence-electron chi connectivity index (χ1n) is 8.34. The van der Waals surface area contributed by atoms with E-state index in [4.69, 9.17) is 4.74 Å². The molecule has 2 aromatic rings. The molecule has 140 valence electrons. The molecule has 0 bridgehead atoms. The van der Waals surface area contributed by atoms with E-state index in [1.807, 2.05) is 24.5 Å². The summed E-state index contributed by atoms with van der Waals surface area (Å²) in [6.45, 7) is 3.34. The zero-order chi connectivity index (χ0) is 18.6. The fourth-order valence-corrected chi connectivity index (χ4v) is 4.64. The molecule has 0 unspecified atom stereocenters. The van der Waals surface area contributed by atoms with Gasteiger partial charge in [-0.05, 0) is 36.6 Å². The Morgan fingerprint density at radius 3 is 2.58 bits per heavy atom. The number of methoxy groups -OCH3 is 1. The lowest BCUT2D eigenvalue weighted by atomic mass is 10.2. The predicted molar refractivity (Wildman–Crippen MR) is 107 cm³/mol. The van der Waals surface area contributed by atoms with Crippen LogP contribution in [-0.4, -0.2) is 48.0 Å². The first kappa shape index (κ1) is 18.9. The summed E-state index contributed by atoms with van der Waals surface area (Å²) in [5.74, 6) is 0.676. The van der Waals surface area contributed by atoms with Crippen LogP contribution in [0.1, 0.15) is 0 Å². The van der Waals surface area contributed by atoms with E-state index >= 15 is 0 Å². The standard InChI is InChI=1S/C18H23N3O3S2/c1-24-17-8-7-14(13-16(17)21-11-9-19-10-12-21)26(22,23)20-15-5-3-4-6-18(15)25-2/h3-8,13,19-20H,9-12H2,1-2H3. The molecular formula is C18H23N3O3S2. The Morgan fingerprint density at radius 1 is 1.15 bits per heavy atom. The van der Waals surface area contributed by atoms with Gasteiger partial charge in [0.05, 0.1) is 23.4 Å². The van der Waals surface area contributed by atoms with Gasteiger partial charge in [-0.2, -0.15) is 0 Å². The van der Waals surface area contributed by atoms with Crippen molar-refractivity contribution in [2.24, 2.45) is 0 Å². The third kappa shape index (κ3) is 4.08. The second-order valence-corrected chi connectivity index (χ2v) is 8.41. The Balaban J connectivity index is 1.94. The van der Waals surface area contributed by atoms with E-state index < -0.39 is 10.0 Å². The molecule has 1 aliphatic heterocycles. The molecule has 1 aliphatic rings. The van der Waals surface area contributed by atoms with E-state index in [2.05, 4.69) is 14.9 Å². The number of ether oxygens (including phenoxy) is 1. The minimum atomic E-state index is -3.69. The molecule has 0 saturated carbocycles. The molecule has 0 aromatic heterocycles. The van der Waals surface area contributed by atoms with Crippen LogP contribution in [0.3, 0.4) is 0 Å². The van der Waals surface area contributed by atoms with Gasteiger partial charge in [-0.1, -0.05) is 12.1 Å². The highest BCUT2D eigenvalue weighted by Gasteiger charge is 2.21. The lowest BCUT2D eigenvalue weighted by Crippen LogP contribution is -2.43. The first-order valence-corrected chi connectivity index (χ1v) is 11.1. The molecule has 1 saturated heterocycles. The third-order valence-corrected chi connectivity index (χ3v) is 6.43. The number of hydrogen-bond donors (Lipinski definition) is 2. The van der Waals surface area contributed by atoms with E-state index in [0.717, 1.165) is 36.8 Å². The molecule has 1 fully saturated rings. The Labute approximate surface area is 159 Å². The summed E-state index contributed by atoms with van der Waals surface area (Å²) in [6.07, 6.45) is 1.92. The number of anilines is 2. The maximum atomic E-state index is 12.9. The Kier molecular flexibility index (Phi) is 5.95. The smallest absolute Gasteiger partial charge is 0.262 e. The molecule has 2 aromatic carbocycles. The van der Waals surface area contributed by atoms with Gasteiger partial charge in [-0.15, -0.1) is 11.8 Å². The summed E-state index contributed by atoms with van der Waals surface area (Å²) in [6, 6.07) is 12.3. The fourth-order valence-electron chi connectivity index (χ4n) is 2.92. The van der Waals surface area contributed by atoms with Crippen molar-refractivity contribution in [1.82, 2.24) is 5.32 Å². The van der Waals surface area contributed by atoms with Crippen LogP contribution in [0, 0.1) is 0 Å². The van der Waals surface area contributed by atoms with Gasteiger partial charge in [0, 0.05) is 31.1 Å². The maximum absolute atomic E-state index is 12.9. The number of piperazine rings is 1. The third-order valence-electron chi connectivity index (χ3n) is 4.27. The summed E-state index contributed by atoms with van der Waals surface area (Å²) in [5, 5.41) is 3.30. The summed E-state index contributed by atoms with van der Waals surface area (Å²) in [4.78, 5) is 3.25. The molecule has 0 atom stereocenters. The van der Waals surface area contributed by atoms with Crippen molar-refractivity contribution >= 4 is 33.2 Å². The number of thioether (sulfide) groups is 1. The largest absolute Gasteiger partial charge is 0.495 e. The number of nitrogens with one attached hydrogen (secondary N) is 2. The lowest BCUT2D eigenvalue weighted by Gasteiger charge is -2.30. The van der Waals surface area contributed by atoms with Crippen LogP contribution in [0.2, 0.25) is 0 Å². The van der Waals surface area contributed by atoms with E-state index in [0.29, 0.717) is 11.4 Å². The van der Waals surface area contributed by atoms with Crippen molar-refractivity contribution in [1.29, 1.82) is 0 Å². The lowest BCUT2D eigenvalue weighted by molar-refractivity contribution is 0.412. The number of rotatable bonds is 6. The van der Waals surface area contributed by atoms with Gasteiger partial charge in [-0.3, -0.25) is 4.72 Å². The molecule has 26 heavy (non-hydrogen) atoms. The summed E-state index contributed by atoms with van der Waals surface area (Å²) in [7, 11) is -2.09. The summed E-state index contributed by atoms with van der Waals surface area (Å²) >= 11 is 1.50. The SMILES string of the molecule is COc1ccc(S(=O)(=O)Nc2ccccc2SC)cc1N1CCNCC1. The average molecular weight is 394 g/mol.